The fourth-order valence-electron chi connectivity index (χ4n) is 3.10. The van der Waals surface area contributed by atoms with Crippen molar-refractivity contribution in [3.05, 3.63) is 124 Å². The van der Waals surface area contributed by atoms with E-state index in [9.17, 15) is 0 Å². The normalized spacial score (nSPS) is 10.7. The zero-order valence-electron chi connectivity index (χ0n) is 18.7. The molecule has 0 amide bonds. The SMILES string of the molecule is C=C/C=C(\C=C/C)c1ccc(C#Cc2ccc(-c3ccccc3)cc2Br)c(C)c1.CC. The minimum atomic E-state index is 0.981. The molecule has 3 aromatic carbocycles. The predicted molar refractivity (Wildman–Crippen MR) is 141 cm³/mol. The molecule has 0 nitrogen and oxygen atoms in total. The molecule has 0 radical (unpaired) electrons. The maximum Gasteiger partial charge on any atom is 0.0391 e. The van der Waals surface area contributed by atoms with Crippen molar-refractivity contribution in [3.63, 3.8) is 0 Å². The monoisotopic (exact) mass is 468 g/mol. The van der Waals surface area contributed by atoms with Gasteiger partial charge in [0.25, 0.3) is 0 Å². The number of aryl methyl sites for hydroxylation is 1. The van der Waals surface area contributed by atoms with Crippen molar-refractivity contribution in [3.8, 4) is 23.0 Å². The highest BCUT2D eigenvalue weighted by Crippen LogP contribution is 2.26. The highest BCUT2D eigenvalue weighted by Gasteiger charge is 2.03. The highest BCUT2D eigenvalue weighted by molar-refractivity contribution is 9.10. The van der Waals surface area contributed by atoms with Gasteiger partial charge in [-0.05, 0) is 75.8 Å². The summed E-state index contributed by atoms with van der Waals surface area (Å²) in [7, 11) is 0. The second-order valence-corrected chi connectivity index (χ2v) is 7.55. The Bertz CT molecular complexity index is 1140. The summed E-state index contributed by atoms with van der Waals surface area (Å²) in [5, 5.41) is 0. The third-order valence-corrected chi connectivity index (χ3v) is 5.27. The van der Waals surface area contributed by atoms with Gasteiger partial charge in [-0.1, -0.05) is 105 Å². The van der Waals surface area contributed by atoms with Gasteiger partial charge in [-0.3, -0.25) is 0 Å². The van der Waals surface area contributed by atoms with Crippen LogP contribution in [0.4, 0.5) is 0 Å². The van der Waals surface area contributed by atoms with E-state index in [4.69, 9.17) is 0 Å². The molecule has 0 spiro atoms. The van der Waals surface area contributed by atoms with Gasteiger partial charge >= 0.3 is 0 Å². The van der Waals surface area contributed by atoms with Gasteiger partial charge in [0.15, 0.2) is 0 Å². The van der Waals surface area contributed by atoms with Crippen LogP contribution in [0.1, 0.15) is 43.0 Å². The van der Waals surface area contributed by atoms with E-state index < -0.39 is 0 Å². The standard InChI is InChI=1S/C28H23Br.C2H6/c1-4-9-23(10-5-2)26-17-14-22(21(3)19-26)13-15-25-16-18-27(20-28(25)29)24-11-7-6-8-12-24;1-2/h4-12,14,16-20H,1H2,2-3H3;1-2H3/b10-5-,23-9+;. The van der Waals surface area contributed by atoms with Gasteiger partial charge in [0.05, 0.1) is 0 Å². The summed E-state index contributed by atoms with van der Waals surface area (Å²) < 4.78 is 1.00. The van der Waals surface area contributed by atoms with Crippen LogP contribution in [0.5, 0.6) is 0 Å². The zero-order valence-corrected chi connectivity index (χ0v) is 20.3. The summed E-state index contributed by atoms with van der Waals surface area (Å²) in [6.45, 7) is 11.9. The van der Waals surface area contributed by atoms with Crippen LogP contribution in [0.15, 0.2) is 102 Å². The molecular formula is C30H29Br. The molecule has 0 aromatic heterocycles. The minimum absolute atomic E-state index is 0.981. The van der Waals surface area contributed by atoms with E-state index in [1.807, 2.05) is 45.1 Å². The Morgan fingerprint density at radius 1 is 0.871 bits per heavy atom. The number of hydrogen-bond acceptors (Lipinski definition) is 0. The lowest BCUT2D eigenvalue weighted by atomic mass is 9.99. The number of halogens is 1. The van der Waals surface area contributed by atoms with E-state index >= 15 is 0 Å². The van der Waals surface area contributed by atoms with E-state index in [2.05, 4.69) is 108 Å². The molecule has 0 saturated heterocycles. The Kier molecular flexibility index (Phi) is 9.82. The first-order valence-electron chi connectivity index (χ1n) is 10.6. The lowest BCUT2D eigenvalue weighted by Crippen LogP contribution is -1.88. The van der Waals surface area contributed by atoms with Crippen LogP contribution in [-0.4, -0.2) is 0 Å². The lowest BCUT2D eigenvalue weighted by Gasteiger charge is -2.06. The smallest absolute Gasteiger partial charge is 0.0391 e. The second kappa shape index (κ2) is 12.6. The van der Waals surface area contributed by atoms with Crippen LogP contribution < -0.4 is 0 Å². The van der Waals surface area contributed by atoms with Crippen molar-refractivity contribution in [1.82, 2.24) is 0 Å². The van der Waals surface area contributed by atoms with E-state index in [-0.39, 0.29) is 0 Å². The van der Waals surface area contributed by atoms with Gasteiger partial charge in [-0.2, -0.15) is 0 Å². The Labute approximate surface area is 196 Å². The molecule has 3 rings (SSSR count). The molecule has 156 valence electrons. The molecule has 0 N–H and O–H groups in total. The molecule has 3 aromatic rings. The van der Waals surface area contributed by atoms with E-state index in [1.54, 1.807) is 0 Å². The topological polar surface area (TPSA) is 0 Å². The molecule has 0 aliphatic heterocycles. The molecule has 0 saturated carbocycles. The molecule has 0 fully saturated rings. The molecule has 31 heavy (non-hydrogen) atoms. The summed E-state index contributed by atoms with van der Waals surface area (Å²) in [6.07, 6.45) is 7.96. The molecule has 0 unspecified atom stereocenters. The summed E-state index contributed by atoms with van der Waals surface area (Å²) in [4.78, 5) is 0. The quantitative estimate of drug-likeness (QED) is 0.264. The summed E-state index contributed by atoms with van der Waals surface area (Å²) >= 11 is 3.67. The fourth-order valence-corrected chi connectivity index (χ4v) is 3.58. The van der Waals surface area contributed by atoms with Gasteiger partial charge in [0, 0.05) is 15.6 Å². The molecular weight excluding hydrogens is 440 g/mol. The Balaban J connectivity index is 0.00000166. The number of rotatable bonds is 4. The summed E-state index contributed by atoms with van der Waals surface area (Å²) in [5.41, 5.74) is 7.86. The largest absolute Gasteiger partial charge is 0.0990 e. The third-order valence-electron chi connectivity index (χ3n) is 4.61. The summed E-state index contributed by atoms with van der Waals surface area (Å²) in [6, 6.07) is 23.0. The average Bonchev–Trinajstić information content (AvgIpc) is 2.80. The maximum atomic E-state index is 3.81. The van der Waals surface area contributed by atoms with Gasteiger partial charge in [-0.25, -0.2) is 0 Å². The second-order valence-electron chi connectivity index (χ2n) is 6.70. The molecule has 0 aliphatic carbocycles. The van der Waals surface area contributed by atoms with Crippen molar-refractivity contribution >= 4 is 21.5 Å². The average molecular weight is 469 g/mol. The molecule has 0 heterocycles. The minimum Gasteiger partial charge on any atom is -0.0990 e. The van der Waals surface area contributed by atoms with Crippen LogP contribution in [0.3, 0.4) is 0 Å². The first kappa shape index (κ1) is 24.2. The van der Waals surface area contributed by atoms with E-state index in [0.717, 1.165) is 26.7 Å². The molecule has 0 bridgehead atoms. The van der Waals surface area contributed by atoms with Gasteiger partial charge in [-0.15, -0.1) is 0 Å². The highest BCUT2D eigenvalue weighted by atomic mass is 79.9. The van der Waals surface area contributed by atoms with Crippen molar-refractivity contribution in [2.24, 2.45) is 0 Å². The Hall–Kier alpha value is -3.08. The van der Waals surface area contributed by atoms with E-state index in [1.165, 1.54) is 16.7 Å². The van der Waals surface area contributed by atoms with E-state index in [0.29, 0.717) is 0 Å². The molecule has 0 aliphatic rings. The number of benzene rings is 3. The summed E-state index contributed by atoms with van der Waals surface area (Å²) in [5.74, 6) is 6.63. The van der Waals surface area contributed by atoms with Crippen molar-refractivity contribution < 1.29 is 0 Å². The third kappa shape index (κ3) is 6.71. The van der Waals surface area contributed by atoms with Gasteiger partial charge in [0.1, 0.15) is 0 Å². The molecule has 1 heteroatoms. The van der Waals surface area contributed by atoms with Crippen molar-refractivity contribution in [1.29, 1.82) is 0 Å². The van der Waals surface area contributed by atoms with Crippen molar-refractivity contribution in [2.45, 2.75) is 27.7 Å². The van der Waals surface area contributed by atoms with Crippen LogP contribution >= 0.6 is 15.9 Å². The van der Waals surface area contributed by atoms with Gasteiger partial charge < -0.3 is 0 Å². The maximum absolute atomic E-state index is 3.81. The van der Waals surface area contributed by atoms with Crippen LogP contribution in [0.25, 0.3) is 16.7 Å². The first-order chi connectivity index (χ1) is 15.1. The van der Waals surface area contributed by atoms with Crippen LogP contribution in [0.2, 0.25) is 0 Å². The lowest BCUT2D eigenvalue weighted by molar-refractivity contribution is 1.41. The Morgan fingerprint density at radius 2 is 1.55 bits per heavy atom. The number of allylic oxidation sites excluding steroid dienone is 5. The Morgan fingerprint density at radius 3 is 2.16 bits per heavy atom. The first-order valence-corrected chi connectivity index (χ1v) is 11.3. The van der Waals surface area contributed by atoms with Crippen LogP contribution in [0, 0.1) is 18.8 Å². The van der Waals surface area contributed by atoms with Crippen LogP contribution in [-0.2, 0) is 0 Å². The van der Waals surface area contributed by atoms with Gasteiger partial charge in [0.2, 0.25) is 0 Å². The zero-order chi connectivity index (χ0) is 22.6. The van der Waals surface area contributed by atoms with Crippen molar-refractivity contribution in [2.75, 3.05) is 0 Å². The number of hydrogen-bond donors (Lipinski definition) is 0. The fraction of sp³-hybridized carbons (Fsp3) is 0.133. The molecule has 0 atom stereocenters. The predicted octanol–water partition coefficient (Wildman–Crippen LogP) is 9.00.